The molecule has 1 aromatic carbocycles. The van der Waals surface area contributed by atoms with Crippen LogP contribution in [0.4, 0.5) is 5.69 Å². The summed E-state index contributed by atoms with van der Waals surface area (Å²) in [6.07, 6.45) is 5.72. The van der Waals surface area contributed by atoms with Gasteiger partial charge in [0.05, 0.1) is 0 Å². The summed E-state index contributed by atoms with van der Waals surface area (Å²) in [6.45, 7) is 9.12. The van der Waals surface area contributed by atoms with Crippen LogP contribution in [0.25, 0.3) is 0 Å². The van der Waals surface area contributed by atoms with Crippen LogP contribution in [-0.2, 0) is 0 Å². The maximum absolute atomic E-state index is 3.81. The third-order valence-electron chi connectivity index (χ3n) is 4.86. The van der Waals surface area contributed by atoms with Crippen molar-refractivity contribution in [1.82, 2.24) is 5.32 Å². The summed E-state index contributed by atoms with van der Waals surface area (Å²) >= 11 is 1.81. The average Bonchev–Trinajstić information content (AvgIpc) is 2.54. The Morgan fingerprint density at radius 3 is 2.35 bits per heavy atom. The van der Waals surface area contributed by atoms with Gasteiger partial charge in [-0.3, -0.25) is 0 Å². The number of hydrogen-bond donors (Lipinski definition) is 1. The molecule has 1 fully saturated rings. The summed E-state index contributed by atoms with van der Waals surface area (Å²) in [7, 11) is 0. The van der Waals surface area contributed by atoms with E-state index in [4.69, 9.17) is 0 Å². The van der Waals surface area contributed by atoms with Crippen molar-refractivity contribution in [3.63, 3.8) is 0 Å². The van der Waals surface area contributed by atoms with Crippen molar-refractivity contribution < 1.29 is 0 Å². The molecular weight excluding hydrogens is 264 g/mol. The molecule has 0 amide bonds. The van der Waals surface area contributed by atoms with E-state index in [1.54, 1.807) is 0 Å². The van der Waals surface area contributed by atoms with E-state index in [0.29, 0.717) is 6.04 Å². The van der Waals surface area contributed by atoms with Gasteiger partial charge in [-0.2, -0.15) is 0 Å². The lowest BCUT2D eigenvalue weighted by atomic mass is 9.88. The molecule has 2 rings (SSSR count). The fourth-order valence-electron chi connectivity index (χ4n) is 3.12. The summed E-state index contributed by atoms with van der Waals surface area (Å²) in [6, 6.07) is 9.68. The number of anilines is 1. The first-order valence-electron chi connectivity index (χ1n) is 7.83. The Labute approximate surface area is 128 Å². The van der Waals surface area contributed by atoms with Crippen molar-refractivity contribution in [2.24, 2.45) is 0 Å². The zero-order valence-electron chi connectivity index (χ0n) is 13.3. The lowest BCUT2D eigenvalue weighted by Gasteiger charge is -2.48. The zero-order chi connectivity index (χ0) is 14.6. The molecule has 1 aliphatic heterocycles. The van der Waals surface area contributed by atoms with Gasteiger partial charge in [0.15, 0.2) is 0 Å². The molecule has 1 heterocycles. The van der Waals surface area contributed by atoms with Gasteiger partial charge in [0, 0.05) is 35.3 Å². The molecule has 0 radical (unpaired) electrons. The average molecular weight is 292 g/mol. The largest absolute Gasteiger partial charge is 0.365 e. The number of piperazine rings is 1. The standard InChI is InChI=1S/C17H28N2S/c1-5-14-12-18-17(6-2,7-3)13-19(14)15-8-10-16(20-4)11-9-15/h8-11,14,18H,5-7,12-13H2,1-4H3. The molecule has 3 heteroatoms. The minimum atomic E-state index is 0.282. The highest BCUT2D eigenvalue weighted by Gasteiger charge is 2.36. The lowest BCUT2D eigenvalue weighted by Crippen LogP contribution is -2.64. The summed E-state index contributed by atoms with van der Waals surface area (Å²) in [5.74, 6) is 0. The second-order valence-corrected chi connectivity index (χ2v) is 6.64. The third-order valence-corrected chi connectivity index (χ3v) is 5.60. The SMILES string of the molecule is CCC1CNC(CC)(CC)CN1c1ccc(SC)cc1. The molecule has 0 aromatic heterocycles. The molecule has 1 saturated heterocycles. The normalized spacial score (nSPS) is 22.0. The zero-order valence-corrected chi connectivity index (χ0v) is 14.1. The number of nitrogens with zero attached hydrogens (tertiary/aromatic N) is 1. The molecule has 2 nitrogen and oxygen atoms in total. The van der Waals surface area contributed by atoms with Crippen LogP contribution >= 0.6 is 11.8 Å². The van der Waals surface area contributed by atoms with E-state index < -0.39 is 0 Å². The quantitative estimate of drug-likeness (QED) is 0.821. The highest BCUT2D eigenvalue weighted by molar-refractivity contribution is 7.98. The second-order valence-electron chi connectivity index (χ2n) is 5.76. The molecular formula is C17H28N2S. The lowest BCUT2D eigenvalue weighted by molar-refractivity contribution is 0.246. The smallest absolute Gasteiger partial charge is 0.0412 e. The van der Waals surface area contributed by atoms with Crippen molar-refractivity contribution >= 4 is 17.4 Å². The first-order chi connectivity index (χ1) is 9.68. The van der Waals surface area contributed by atoms with Crippen molar-refractivity contribution in [2.45, 2.75) is 56.5 Å². The van der Waals surface area contributed by atoms with E-state index in [-0.39, 0.29) is 5.54 Å². The Morgan fingerprint density at radius 1 is 1.20 bits per heavy atom. The first-order valence-corrected chi connectivity index (χ1v) is 9.06. The van der Waals surface area contributed by atoms with Gasteiger partial charge in [-0.1, -0.05) is 20.8 Å². The molecule has 1 N–H and O–H groups in total. The van der Waals surface area contributed by atoms with E-state index in [1.807, 2.05) is 11.8 Å². The van der Waals surface area contributed by atoms with Gasteiger partial charge in [0.2, 0.25) is 0 Å². The molecule has 0 saturated carbocycles. The molecule has 1 aromatic rings. The van der Waals surface area contributed by atoms with E-state index >= 15 is 0 Å². The van der Waals surface area contributed by atoms with Gasteiger partial charge in [0.1, 0.15) is 0 Å². The van der Waals surface area contributed by atoms with Gasteiger partial charge >= 0.3 is 0 Å². The number of hydrogen-bond acceptors (Lipinski definition) is 3. The first kappa shape index (κ1) is 15.7. The van der Waals surface area contributed by atoms with Gasteiger partial charge < -0.3 is 10.2 Å². The Morgan fingerprint density at radius 2 is 1.85 bits per heavy atom. The highest BCUT2D eigenvalue weighted by atomic mass is 32.2. The van der Waals surface area contributed by atoms with E-state index in [1.165, 1.54) is 29.8 Å². The summed E-state index contributed by atoms with van der Waals surface area (Å²) < 4.78 is 0. The minimum absolute atomic E-state index is 0.282. The van der Waals surface area contributed by atoms with Crippen LogP contribution in [0.15, 0.2) is 29.2 Å². The molecule has 20 heavy (non-hydrogen) atoms. The fraction of sp³-hybridized carbons (Fsp3) is 0.647. The van der Waals surface area contributed by atoms with Crippen LogP contribution in [0.5, 0.6) is 0 Å². The molecule has 0 bridgehead atoms. The van der Waals surface area contributed by atoms with Crippen LogP contribution in [0.3, 0.4) is 0 Å². The maximum Gasteiger partial charge on any atom is 0.0412 e. The summed E-state index contributed by atoms with van der Waals surface area (Å²) in [4.78, 5) is 3.96. The number of benzene rings is 1. The van der Waals surface area contributed by atoms with Gasteiger partial charge in [-0.25, -0.2) is 0 Å². The van der Waals surface area contributed by atoms with Crippen LogP contribution in [-0.4, -0.2) is 30.9 Å². The second kappa shape index (κ2) is 6.86. The van der Waals surface area contributed by atoms with Gasteiger partial charge in [0.25, 0.3) is 0 Å². The van der Waals surface area contributed by atoms with E-state index in [0.717, 1.165) is 13.1 Å². The van der Waals surface area contributed by atoms with Crippen LogP contribution in [0.1, 0.15) is 40.0 Å². The van der Waals surface area contributed by atoms with Crippen molar-refractivity contribution in [2.75, 3.05) is 24.2 Å². The predicted molar refractivity (Wildman–Crippen MR) is 91.0 cm³/mol. The Balaban J connectivity index is 2.23. The Kier molecular flexibility index (Phi) is 5.39. The molecule has 112 valence electrons. The molecule has 0 spiro atoms. The summed E-state index contributed by atoms with van der Waals surface area (Å²) in [5.41, 5.74) is 1.66. The van der Waals surface area contributed by atoms with Crippen LogP contribution < -0.4 is 10.2 Å². The third kappa shape index (κ3) is 3.15. The van der Waals surface area contributed by atoms with Crippen molar-refractivity contribution in [1.29, 1.82) is 0 Å². The van der Waals surface area contributed by atoms with Crippen molar-refractivity contribution in [3.05, 3.63) is 24.3 Å². The van der Waals surface area contributed by atoms with Crippen LogP contribution in [0.2, 0.25) is 0 Å². The number of rotatable bonds is 5. The molecule has 1 atom stereocenters. The molecule has 1 aliphatic rings. The Hall–Kier alpha value is -0.670. The van der Waals surface area contributed by atoms with E-state index in [9.17, 15) is 0 Å². The van der Waals surface area contributed by atoms with Crippen molar-refractivity contribution in [3.8, 4) is 0 Å². The highest BCUT2D eigenvalue weighted by Crippen LogP contribution is 2.29. The molecule has 0 aliphatic carbocycles. The topological polar surface area (TPSA) is 15.3 Å². The van der Waals surface area contributed by atoms with Gasteiger partial charge in [-0.15, -0.1) is 11.8 Å². The maximum atomic E-state index is 3.81. The fourth-order valence-corrected chi connectivity index (χ4v) is 3.53. The van der Waals surface area contributed by atoms with E-state index in [2.05, 4.69) is 61.5 Å². The Bertz CT molecular complexity index is 412. The predicted octanol–water partition coefficient (Wildman–Crippen LogP) is 4.16. The molecule has 1 unspecified atom stereocenters. The minimum Gasteiger partial charge on any atom is -0.365 e. The monoisotopic (exact) mass is 292 g/mol. The van der Waals surface area contributed by atoms with Gasteiger partial charge in [-0.05, 0) is 49.8 Å². The number of thioether (sulfide) groups is 1. The summed E-state index contributed by atoms with van der Waals surface area (Å²) in [5, 5.41) is 3.81. The number of nitrogens with one attached hydrogen (secondary N) is 1. The van der Waals surface area contributed by atoms with Crippen LogP contribution in [0, 0.1) is 0 Å².